The second kappa shape index (κ2) is 6.71. The van der Waals surface area contributed by atoms with E-state index in [4.69, 9.17) is 11.6 Å². The van der Waals surface area contributed by atoms with Gasteiger partial charge in [-0.2, -0.15) is 0 Å². The summed E-state index contributed by atoms with van der Waals surface area (Å²) in [6.45, 7) is 3.08. The molecular formula is C14H15BrClNS. The lowest BCUT2D eigenvalue weighted by atomic mass is 10.0. The van der Waals surface area contributed by atoms with E-state index in [0.717, 1.165) is 22.5 Å². The summed E-state index contributed by atoms with van der Waals surface area (Å²) in [4.78, 5) is 1.36. The second-order valence-electron chi connectivity index (χ2n) is 4.07. The van der Waals surface area contributed by atoms with Crippen LogP contribution < -0.4 is 5.32 Å². The first kappa shape index (κ1) is 14.1. The van der Waals surface area contributed by atoms with E-state index in [-0.39, 0.29) is 0 Å². The molecule has 1 aromatic carbocycles. The zero-order valence-corrected chi connectivity index (χ0v) is 13.3. The van der Waals surface area contributed by atoms with E-state index in [9.17, 15) is 0 Å². The van der Waals surface area contributed by atoms with Gasteiger partial charge in [0.2, 0.25) is 0 Å². The first-order chi connectivity index (χ1) is 8.70. The van der Waals surface area contributed by atoms with E-state index in [0.29, 0.717) is 6.04 Å². The third-order valence-electron chi connectivity index (χ3n) is 2.78. The van der Waals surface area contributed by atoms with Gasteiger partial charge in [0.25, 0.3) is 0 Å². The van der Waals surface area contributed by atoms with E-state index in [1.807, 2.05) is 12.1 Å². The van der Waals surface area contributed by atoms with Gasteiger partial charge in [-0.25, -0.2) is 0 Å². The van der Waals surface area contributed by atoms with Crippen molar-refractivity contribution in [1.82, 2.24) is 5.32 Å². The number of thiophene rings is 1. The van der Waals surface area contributed by atoms with Crippen LogP contribution in [-0.4, -0.2) is 6.54 Å². The molecule has 0 saturated carbocycles. The predicted octanol–water partition coefficient (Wildman–Crippen LogP) is 5.06. The van der Waals surface area contributed by atoms with E-state index in [1.165, 1.54) is 10.4 Å². The molecule has 1 aromatic heterocycles. The Labute approximate surface area is 125 Å². The van der Waals surface area contributed by atoms with Gasteiger partial charge in [0.05, 0.1) is 0 Å². The first-order valence-electron chi connectivity index (χ1n) is 5.91. The average molecular weight is 345 g/mol. The van der Waals surface area contributed by atoms with E-state index in [2.05, 4.69) is 51.7 Å². The Hall–Kier alpha value is -0.350. The lowest BCUT2D eigenvalue weighted by molar-refractivity contribution is 0.558. The van der Waals surface area contributed by atoms with Gasteiger partial charge < -0.3 is 5.32 Å². The maximum Gasteiger partial charge on any atom is 0.0456 e. The molecule has 18 heavy (non-hydrogen) atoms. The highest BCUT2D eigenvalue weighted by Gasteiger charge is 2.13. The standard InChI is InChI=1S/C14H15BrClNS/c1-2-17-13(14-4-3-7-18-14)8-10-5-6-11(15)9-12(10)16/h3-7,9,13,17H,2,8H2,1H3. The summed E-state index contributed by atoms with van der Waals surface area (Å²) in [5, 5.41) is 6.45. The number of rotatable bonds is 5. The van der Waals surface area contributed by atoms with Crippen molar-refractivity contribution in [2.45, 2.75) is 19.4 Å². The van der Waals surface area contributed by atoms with Gasteiger partial charge >= 0.3 is 0 Å². The summed E-state index contributed by atoms with van der Waals surface area (Å²) < 4.78 is 1.02. The Morgan fingerprint density at radius 1 is 1.39 bits per heavy atom. The highest BCUT2D eigenvalue weighted by molar-refractivity contribution is 9.10. The molecule has 1 atom stereocenters. The SMILES string of the molecule is CCNC(Cc1ccc(Br)cc1Cl)c1cccs1. The Morgan fingerprint density at radius 2 is 2.22 bits per heavy atom. The van der Waals surface area contributed by atoms with Crippen LogP contribution in [0.4, 0.5) is 0 Å². The predicted molar refractivity (Wildman–Crippen MR) is 83.6 cm³/mol. The van der Waals surface area contributed by atoms with Gasteiger partial charge in [0, 0.05) is 20.4 Å². The third-order valence-corrected chi connectivity index (χ3v) is 4.61. The van der Waals surface area contributed by atoms with E-state index < -0.39 is 0 Å². The molecule has 0 saturated heterocycles. The number of hydrogen-bond donors (Lipinski definition) is 1. The molecule has 1 nitrogen and oxygen atoms in total. The van der Waals surface area contributed by atoms with Crippen molar-refractivity contribution in [3.8, 4) is 0 Å². The molecule has 0 amide bonds. The van der Waals surface area contributed by atoms with Gasteiger partial charge in [-0.1, -0.05) is 46.6 Å². The van der Waals surface area contributed by atoms with Crippen LogP contribution in [-0.2, 0) is 6.42 Å². The largest absolute Gasteiger partial charge is 0.309 e. The molecule has 96 valence electrons. The summed E-state index contributed by atoms with van der Waals surface area (Å²) >= 11 is 11.5. The van der Waals surface area contributed by atoms with Crippen LogP contribution in [0.15, 0.2) is 40.2 Å². The van der Waals surface area contributed by atoms with Gasteiger partial charge in [0.15, 0.2) is 0 Å². The zero-order valence-electron chi connectivity index (χ0n) is 10.1. The summed E-state index contributed by atoms with van der Waals surface area (Å²) in [5.41, 5.74) is 1.18. The van der Waals surface area contributed by atoms with Crippen LogP contribution in [0.5, 0.6) is 0 Å². The zero-order chi connectivity index (χ0) is 13.0. The molecule has 2 rings (SSSR count). The Bertz CT molecular complexity index is 499. The summed E-state index contributed by atoms with van der Waals surface area (Å²) in [6, 6.07) is 10.7. The maximum absolute atomic E-state index is 6.28. The average Bonchev–Trinajstić information content (AvgIpc) is 2.85. The van der Waals surface area contributed by atoms with Crippen molar-refractivity contribution < 1.29 is 0 Å². The van der Waals surface area contributed by atoms with Crippen molar-refractivity contribution in [3.05, 3.63) is 55.6 Å². The van der Waals surface area contributed by atoms with E-state index >= 15 is 0 Å². The molecule has 1 heterocycles. The van der Waals surface area contributed by atoms with Crippen molar-refractivity contribution in [2.75, 3.05) is 6.54 Å². The van der Waals surface area contributed by atoms with Crippen LogP contribution in [0.3, 0.4) is 0 Å². The first-order valence-corrected chi connectivity index (χ1v) is 7.96. The van der Waals surface area contributed by atoms with Gasteiger partial charge in [-0.15, -0.1) is 11.3 Å². The van der Waals surface area contributed by atoms with Gasteiger partial charge in [-0.3, -0.25) is 0 Å². The minimum atomic E-state index is 0.341. The molecule has 0 bridgehead atoms. The van der Waals surface area contributed by atoms with Gasteiger partial charge in [0.1, 0.15) is 0 Å². The number of likely N-dealkylation sites (N-methyl/N-ethyl adjacent to an activating group) is 1. The van der Waals surface area contributed by atoms with Crippen LogP contribution >= 0.6 is 38.9 Å². The summed E-state index contributed by atoms with van der Waals surface area (Å²) in [7, 11) is 0. The highest BCUT2D eigenvalue weighted by atomic mass is 79.9. The fourth-order valence-electron chi connectivity index (χ4n) is 1.92. The molecule has 4 heteroatoms. The van der Waals surface area contributed by atoms with Crippen LogP contribution in [0.2, 0.25) is 5.02 Å². The molecular weight excluding hydrogens is 330 g/mol. The minimum absolute atomic E-state index is 0.341. The normalized spacial score (nSPS) is 12.6. The molecule has 0 aliphatic carbocycles. The Kier molecular flexibility index (Phi) is 5.25. The molecule has 1 N–H and O–H groups in total. The molecule has 0 aliphatic heterocycles. The molecule has 1 unspecified atom stereocenters. The van der Waals surface area contributed by atoms with Crippen LogP contribution in [0.1, 0.15) is 23.4 Å². The number of hydrogen-bond acceptors (Lipinski definition) is 2. The van der Waals surface area contributed by atoms with Crippen LogP contribution in [0, 0.1) is 0 Å². The fraction of sp³-hybridized carbons (Fsp3) is 0.286. The topological polar surface area (TPSA) is 12.0 Å². The monoisotopic (exact) mass is 343 g/mol. The van der Waals surface area contributed by atoms with Crippen molar-refractivity contribution in [2.24, 2.45) is 0 Å². The fourth-order valence-corrected chi connectivity index (χ4v) is 3.47. The van der Waals surface area contributed by atoms with Crippen molar-refractivity contribution >= 4 is 38.9 Å². The second-order valence-corrected chi connectivity index (χ2v) is 6.37. The Balaban J connectivity index is 2.18. The Morgan fingerprint density at radius 3 is 2.83 bits per heavy atom. The minimum Gasteiger partial charge on any atom is -0.309 e. The van der Waals surface area contributed by atoms with Crippen molar-refractivity contribution in [1.29, 1.82) is 0 Å². The summed E-state index contributed by atoms with van der Waals surface area (Å²) in [6.07, 6.45) is 0.917. The lowest BCUT2D eigenvalue weighted by Crippen LogP contribution is -2.22. The maximum atomic E-state index is 6.28. The third kappa shape index (κ3) is 3.58. The van der Waals surface area contributed by atoms with Crippen LogP contribution in [0.25, 0.3) is 0 Å². The van der Waals surface area contributed by atoms with Gasteiger partial charge in [-0.05, 0) is 42.1 Å². The summed E-state index contributed by atoms with van der Waals surface area (Å²) in [5.74, 6) is 0. The van der Waals surface area contributed by atoms with Crippen molar-refractivity contribution in [3.63, 3.8) is 0 Å². The molecule has 0 aliphatic rings. The molecule has 2 aromatic rings. The number of nitrogens with one attached hydrogen (secondary N) is 1. The smallest absolute Gasteiger partial charge is 0.0456 e. The number of benzene rings is 1. The van der Waals surface area contributed by atoms with E-state index in [1.54, 1.807) is 11.3 Å². The lowest BCUT2D eigenvalue weighted by Gasteiger charge is -2.17. The quantitative estimate of drug-likeness (QED) is 0.799. The number of halogens is 2. The molecule has 0 radical (unpaired) electrons. The highest BCUT2D eigenvalue weighted by Crippen LogP contribution is 2.28. The molecule has 0 spiro atoms. The molecule has 0 fully saturated rings.